The molecule has 0 aliphatic heterocycles. The molecule has 5 aromatic rings. The number of ether oxygens (including phenoxy) is 1. The van der Waals surface area contributed by atoms with Crippen LogP contribution in [-0.4, -0.2) is 34.3 Å². The zero-order valence-corrected chi connectivity index (χ0v) is 13.6. The number of rotatable bonds is 2. The Bertz CT molecular complexity index is 1240. The minimum atomic E-state index is 0.444. The summed E-state index contributed by atoms with van der Waals surface area (Å²) in [7, 11) is 1.87. The monoisotopic (exact) mass is 331 g/mol. The van der Waals surface area contributed by atoms with E-state index in [0.717, 1.165) is 27.6 Å². The first kappa shape index (κ1) is 13.8. The van der Waals surface area contributed by atoms with Gasteiger partial charge in [-0.05, 0) is 19.1 Å². The first-order chi connectivity index (χ1) is 12.2. The van der Waals surface area contributed by atoms with Crippen LogP contribution in [0.4, 0.5) is 0 Å². The minimum Gasteiger partial charge on any atom is -0.438 e. The predicted octanol–water partition coefficient (Wildman–Crippen LogP) is 2.66. The Hall–Kier alpha value is -3.55. The van der Waals surface area contributed by atoms with Crippen LogP contribution in [0.1, 0.15) is 5.69 Å². The van der Waals surface area contributed by atoms with E-state index in [1.54, 1.807) is 15.4 Å². The maximum atomic E-state index is 6.01. The third-order valence-electron chi connectivity index (χ3n) is 4.13. The van der Waals surface area contributed by atoms with E-state index in [1.807, 2.05) is 44.3 Å². The van der Waals surface area contributed by atoms with Crippen molar-refractivity contribution in [1.82, 2.24) is 34.3 Å². The van der Waals surface area contributed by atoms with E-state index < -0.39 is 0 Å². The van der Waals surface area contributed by atoms with Gasteiger partial charge >= 0.3 is 0 Å². The van der Waals surface area contributed by atoms with Crippen LogP contribution in [0.25, 0.3) is 27.7 Å². The highest BCUT2D eigenvalue weighted by Gasteiger charge is 2.19. The van der Waals surface area contributed by atoms with E-state index in [2.05, 4.69) is 25.1 Å². The summed E-state index contributed by atoms with van der Waals surface area (Å²) in [6.07, 6.45) is 3.22. The van der Waals surface area contributed by atoms with Gasteiger partial charge in [0.25, 0.3) is 5.78 Å². The van der Waals surface area contributed by atoms with Gasteiger partial charge in [0, 0.05) is 13.2 Å². The van der Waals surface area contributed by atoms with Crippen LogP contribution in [0.5, 0.6) is 11.6 Å². The van der Waals surface area contributed by atoms with Gasteiger partial charge in [0.05, 0.1) is 22.0 Å². The lowest BCUT2D eigenvalue weighted by Gasteiger charge is -2.09. The highest BCUT2D eigenvalue weighted by molar-refractivity contribution is 6.05. The number of hydrogen-bond donors (Lipinski definition) is 0. The molecule has 0 saturated heterocycles. The third kappa shape index (κ3) is 1.97. The lowest BCUT2D eigenvalue weighted by Crippen LogP contribution is -2.00. The number of benzene rings is 1. The second-order valence-electron chi connectivity index (χ2n) is 5.73. The number of aromatic nitrogens is 7. The fraction of sp³-hybridized carbons (Fsp3) is 0.118. The maximum Gasteiger partial charge on any atom is 0.256 e. The Labute approximate surface area is 141 Å². The van der Waals surface area contributed by atoms with Gasteiger partial charge in [0.1, 0.15) is 12.1 Å². The zero-order chi connectivity index (χ0) is 17.0. The molecule has 0 saturated carbocycles. The molecule has 0 aliphatic carbocycles. The minimum absolute atomic E-state index is 0.444. The molecule has 4 aromatic heterocycles. The van der Waals surface area contributed by atoms with Crippen molar-refractivity contribution >= 4 is 27.7 Å². The lowest BCUT2D eigenvalue weighted by molar-refractivity contribution is 0.469. The predicted molar refractivity (Wildman–Crippen MR) is 91.6 cm³/mol. The Morgan fingerprint density at radius 2 is 1.92 bits per heavy atom. The number of aryl methyl sites for hydroxylation is 2. The van der Waals surface area contributed by atoms with Gasteiger partial charge in [-0.15, -0.1) is 0 Å². The van der Waals surface area contributed by atoms with Crippen molar-refractivity contribution in [2.75, 3.05) is 0 Å². The molecular formula is C17H13N7O. The van der Waals surface area contributed by atoms with Crippen LogP contribution < -0.4 is 4.74 Å². The Morgan fingerprint density at radius 1 is 1.08 bits per heavy atom. The van der Waals surface area contributed by atoms with Crippen molar-refractivity contribution in [1.29, 1.82) is 0 Å². The smallest absolute Gasteiger partial charge is 0.256 e. The largest absolute Gasteiger partial charge is 0.438 e. The van der Waals surface area contributed by atoms with Gasteiger partial charge < -0.3 is 4.74 Å². The van der Waals surface area contributed by atoms with Crippen LogP contribution in [-0.2, 0) is 7.05 Å². The van der Waals surface area contributed by atoms with E-state index in [9.17, 15) is 0 Å². The van der Waals surface area contributed by atoms with Crippen molar-refractivity contribution in [3.8, 4) is 11.6 Å². The molecule has 0 spiro atoms. The van der Waals surface area contributed by atoms with E-state index in [1.165, 1.54) is 6.33 Å². The maximum absolute atomic E-state index is 6.01. The Balaban J connectivity index is 1.90. The summed E-state index contributed by atoms with van der Waals surface area (Å²) in [5.41, 5.74) is 2.48. The fourth-order valence-corrected chi connectivity index (χ4v) is 3.07. The van der Waals surface area contributed by atoms with Crippen molar-refractivity contribution in [3.63, 3.8) is 0 Å². The molecule has 8 heteroatoms. The molecule has 4 heterocycles. The lowest BCUT2D eigenvalue weighted by atomic mass is 10.2. The van der Waals surface area contributed by atoms with Gasteiger partial charge in [-0.2, -0.15) is 24.7 Å². The summed E-state index contributed by atoms with van der Waals surface area (Å²) in [6.45, 7) is 1.95. The van der Waals surface area contributed by atoms with E-state index in [0.29, 0.717) is 17.4 Å². The second kappa shape index (κ2) is 4.97. The normalized spacial score (nSPS) is 11.6. The molecule has 25 heavy (non-hydrogen) atoms. The average Bonchev–Trinajstić information content (AvgIpc) is 3.20. The summed E-state index contributed by atoms with van der Waals surface area (Å²) in [5, 5.41) is 10.5. The van der Waals surface area contributed by atoms with Gasteiger partial charge in [-0.1, -0.05) is 18.2 Å². The number of hydrogen-bond acceptors (Lipinski definition) is 6. The van der Waals surface area contributed by atoms with Crippen molar-refractivity contribution < 1.29 is 4.74 Å². The summed E-state index contributed by atoms with van der Waals surface area (Å²) < 4.78 is 9.46. The van der Waals surface area contributed by atoms with Crippen LogP contribution in [0, 0.1) is 6.92 Å². The molecule has 0 unspecified atom stereocenters. The number of para-hydroxylation sites is 1. The Morgan fingerprint density at radius 3 is 2.76 bits per heavy atom. The fourth-order valence-electron chi connectivity index (χ4n) is 3.07. The molecule has 0 N–H and O–H groups in total. The molecule has 5 rings (SSSR count). The van der Waals surface area contributed by atoms with Crippen molar-refractivity contribution in [2.24, 2.45) is 7.05 Å². The molecule has 0 aliphatic rings. The summed E-state index contributed by atoms with van der Waals surface area (Å²) >= 11 is 0. The van der Waals surface area contributed by atoms with Gasteiger partial charge in [-0.3, -0.25) is 4.68 Å². The first-order valence-corrected chi connectivity index (χ1v) is 7.77. The topological polar surface area (TPSA) is 83.0 Å². The average molecular weight is 331 g/mol. The highest BCUT2D eigenvalue weighted by Crippen LogP contribution is 2.32. The number of pyridine rings is 1. The van der Waals surface area contributed by atoms with Crippen molar-refractivity contribution in [3.05, 3.63) is 48.5 Å². The second-order valence-corrected chi connectivity index (χ2v) is 5.73. The molecule has 122 valence electrons. The quantitative estimate of drug-likeness (QED) is 0.494. The zero-order valence-electron chi connectivity index (χ0n) is 13.6. The summed E-state index contributed by atoms with van der Waals surface area (Å²) in [5.74, 6) is 1.61. The molecule has 0 atom stereocenters. The molecule has 0 amide bonds. The first-order valence-electron chi connectivity index (χ1n) is 7.77. The molecule has 8 nitrogen and oxygen atoms in total. The van der Waals surface area contributed by atoms with Gasteiger partial charge in [-0.25, -0.2) is 4.98 Å². The third-order valence-corrected chi connectivity index (χ3v) is 4.13. The summed E-state index contributed by atoms with van der Waals surface area (Å²) in [6, 6.07) is 9.51. The van der Waals surface area contributed by atoms with Crippen molar-refractivity contribution in [2.45, 2.75) is 6.92 Å². The molecular weight excluding hydrogens is 318 g/mol. The van der Waals surface area contributed by atoms with Gasteiger partial charge in [0.2, 0.25) is 5.88 Å². The van der Waals surface area contributed by atoms with Gasteiger partial charge in [0.15, 0.2) is 5.65 Å². The van der Waals surface area contributed by atoms with Crippen LogP contribution in [0.2, 0.25) is 0 Å². The summed E-state index contributed by atoms with van der Waals surface area (Å²) in [4.78, 5) is 13.3. The highest BCUT2D eigenvalue weighted by atomic mass is 16.5. The SMILES string of the molecule is Cc1nn(C)c2ncc3c(Oc4ccccc4)nc4ncnn4c3c12. The molecule has 1 aromatic carbocycles. The number of fused-ring (bicyclic) bond motifs is 5. The molecule has 0 fully saturated rings. The van der Waals surface area contributed by atoms with Crippen LogP contribution in [0.15, 0.2) is 42.9 Å². The van der Waals surface area contributed by atoms with E-state index in [-0.39, 0.29) is 0 Å². The molecule has 0 bridgehead atoms. The van der Waals surface area contributed by atoms with E-state index >= 15 is 0 Å². The molecule has 0 radical (unpaired) electrons. The number of nitrogens with zero attached hydrogens (tertiary/aromatic N) is 7. The van der Waals surface area contributed by atoms with Crippen LogP contribution >= 0.6 is 0 Å². The van der Waals surface area contributed by atoms with E-state index in [4.69, 9.17) is 4.74 Å². The van der Waals surface area contributed by atoms with Crippen LogP contribution in [0.3, 0.4) is 0 Å². The standard InChI is InChI=1S/C17H13N7O/c1-10-13-14-12(8-18-15(13)23(2)22-10)16(21-17-19-9-20-24(14)17)25-11-6-4-3-5-7-11/h3-9H,1-2H3. The Kier molecular flexibility index (Phi) is 2.75.